The Bertz CT molecular complexity index is 4310. The van der Waals surface area contributed by atoms with Gasteiger partial charge < -0.3 is 13.7 Å². The van der Waals surface area contributed by atoms with E-state index in [1.165, 1.54) is 60.3 Å². The first-order valence-corrected chi connectivity index (χ1v) is 23.5. The Hall–Kier alpha value is -9.18. The van der Waals surface area contributed by atoms with Gasteiger partial charge in [0, 0.05) is 50.2 Å². The summed E-state index contributed by atoms with van der Waals surface area (Å²) in [7, 11) is 0. The minimum Gasteiger partial charge on any atom is -0.456 e. The van der Waals surface area contributed by atoms with E-state index in [1.807, 2.05) is 24.3 Å². The lowest BCUT2D eigenvalue weighted by Crippen LogP contribution is -2.09. The Balaban J connectivity index is 0.828. The maximum atomic E-state index is 6.45. The average Bonchev–Trinajstić information content (AvgIpc) is 3.99. The lowest BCUT2D eigenvalue weighted by molar-refractivity contribution is 0.669. The molecular weight excluding hydrogens is 839 g/mol. The molecule has 0 saturated heterocycles. The number of benzene rings is 12. The van der Waals surface area contributed by atoms with Crippen LogP contribution in [-0.4, -0.2) is 0 Å². The molecule has 12 aromatic carbocycles. The maximum Gasteiger partial charge on any atom is 0.143 e. The van der Waals surface area contributed by atoms with Crippen LogP contribution < -0.4 is 4.90 Å². The fraction of sp³-hybridized carbons (Fsp3) is 0. The minimum absolute atomic E-state index is 0.861. The zero-order chi connectivity index (χ0) is 45.4. The van der Waals surface area contributed by atoms with Gasteiger partial charge in [0.25, 0.3) is 0 Å². The van der Waals surface area contributed by atoms with E-state index < -0.39 is 0 Å². The first-order chi connectivity index (χ1) is 34.2. The highest BCUT2D eigenvalue weighted by molar-refractivity contribution is 6.11. The van der Waals surface area contributed by atoms with Crippen molar-refractivity contribution in [2.24, 2.45) is 0 Å². The Morgan fingerprint density at radius 2 is 0.725 bits per heavy atom. The van der Waals surface area contributed by atoms with Crippen molar-refractivity contribution in [3.63, 3.8) is 0 Å². The van der Waals surface area contributed by atoms with Gasteiger partial charge >= 0.3 is 0 Å². The van der Waals surface area contributed by atoms with E-state index in [2.05, 4.69) is 229 Å². The van der Waals surface area contributed by atoms with E-state index >= 15 is 0 Å². The van der Waals surface area contributed by atoms with E-state index in [0.717, 1.165) is 77.5 Å². The second-order valence-electron chi connectivity index (χ2n) is 18.0. The van der Waals surface area contributed by atoms with Gasteiger partial charge in [-0.3, -0.25) is 0 Å². The van der Waals surface area contributed by atoms with E-state index in [9.17, 15) is 0 Å². The molecule has 3 heteroatoms. The Kier molecular flexibility index (Phi) is 8.90. The maximum absolute atomic E-state index is 6.45. The van der Waals surface area contributed by atoms with Crippen molar-refractivity contribution >= 4 is 93.3 Å². The summed E-state index contributed by atoms with van der Waals surface area (Å²) in [5.74, 6) is 0. The molecule has 0 unspecified atom stereocenters. The van der Waals surface area contributed by atoms with E-state index in [1.54, 1.807) is 0 Å². The molecule has 0 saturated carbocycles. The highest BCUT2D eigenvalue weighted by Crippen LogP contribution is 2.43. The molecule has 2 heterocycles. The Morgan fingerprint density at radius 1 is 0.246 bits per heavy atom. The molecule has 0 atom stereocenters. The number of para-hydroxylation sites is 3. The van der Waals surface area contributed by atoms with Crippen LogP contribution in [0.1, 0.15) is 0 Å². The molecule has 3 nitrogen and oxygen atoms in total. The standard InChI is InChI=1S/C66H41NO2/c1-2-11-42(12-3-1)55-17-8-13-44-14-9-18-56(65(44)55)43-29-32-52(33-30-43)67(54-35-36-60-58-15-4-6-21-62(58)68-64(60)41-54)53-34-31-49-38-46(25-26-50(49)40-53)45-23-24-48-39-51(28-27-47(48)37-45)57-19-10-20-61-59-16-5-7-22-63(59)69-66(57)61/h1-41H. The second-order valence-corrected chi connectivity index (χ2v) is 18.0. The lowest BCUT2D eigenvalue weighted by atomic mass is 9.91. The van der Waals surface area contributed by atoms with Gasteiger partial charge in [-0.25, -0.2) is 0 Å². The lowest BCUT2D eigenvalue weighted by Gasteiger charge is -2.26. The van der Waals surface area contributed by atoms with Crippen molar-refractivity contribution in [1.82, 2.24) is 0 Å². The molecule has 0 aliphatic heterocycles. The number of hydrogen-bond donors (Lipinski definition) is 0. The summed E-state index contributed by atoms with van der Waals surface area (Å²) in [5, 5.41) is 11.7. The molecule has 0 aliphatic rings. The zero-order valence-electron chi connectivity index (χ0n) is 37.4. The van der Waals surface area contributed by atoms with Crippen LogP contribution in [0, 0.1) is 0 Å². The number of anilines is 3. The molecule has 0 aliphatic carbocycles. The van der Waals surface area contributed by atoms with Crippen molar-refractivity contribution in [2.75, 3.05) is 4.90 Å². The van der Waals surface area contributed by atoms with Crippen LogP contribution >= 0.6 is 0 Å². The normalized spacial score (nSPS) is 11.8. The van der Waals surface area contributed by atoms with Crippen LogP contribution in [0.25, 0.3) is 121 Å². The molecule has 2 aromatic heterocycles. The highest BCUT2D eigenvalue weighted by atomic mass is 16.3. The summed E-state index contributed by atoms with van der Waals surface area (Å²) in [6, 6.07) is 89.6. The van der Waals surface area contributed by atoms with Gasteiger partial charge in [0.15, 0.2) is 0 Å². The molecule has 69 heavy (non-hydrogen) atoms. The molecule has 0 bridgehead atoms. The van der Waals surface area contributed by atoms with Crippen LogP contribution in [0.3, 0.4) is 0 Å². The van der Waals surface area contributed by atoms with Crippen LogP contribution in [0.4, 0.5) is 17.1 Å². The van der Waals surface area contributed by atoms with Crippen molar-refractivity contribution in [3.05, 3.63) is 249 Å². The van der Waals surface area contributed by atoms with Crippen molar-refractivity contribution in [3.8, 4) is 44.5 Å². The topological polar surface area (TPSA) is 29.5 Å². The predicted molar refractivity (Wildman–Crippen MR) is 290 cm³/mol. The van der Waals surface area contributed by atoms with Crippen LogP contribution in [0.5, 0.6) is 0 Å². The fourth-order valence-electron chi connectivity index (χ4n) is 10.6. The number of rotatable bonds is 7. The molecular formula is C66H41NO2. The molecule has 14 rings (SSSR count). The van der Waals surface area contributed by atoms with Crippen LogP contribution in [0.2, 0.25) is 0 Å². The molecule has 0 radical (unpaired) electrons. The molecule has 0 fully saturated rings. The minimum atomic E-state index is 0.861. The molecule has 0 amide bonds. The van der Waals surface area contributed by atoms with Crippen molar-refractivity contribution < 1.29 is 8.83 Å². The summed E-state index contributed by atoms with van der Waals surface area (Å²) in [6.07, 6.45) is 0. The average molecular weight is 880 g/mol. The van der Waals surface area contributed by atoms with E-state index in [-0.39, 0.29) is 0 Å². The summed E-state index contributed by atoms with van der Waals surface area (Å²) < 4.78 is 12.8. The highest BCUT2D eigenvalue weighted by Gasteiger charge is 2.18. The molecule has 0 spiro atoms. The summed E-state index contributed by atoms with van der Waals surface area (Å²) in [5.41, 5.74) is 16.2. The van der Waals surface area contributed by atoms with Crippen molar-refractivity contribution in [2.45, 2.75) is 0 Å². The third kappa shape index (κ3) is 6.58. The third-order valence-corrected chi connectivity index (χ3v) is 14.0. The number of fused-ring (bicyclic) bond motifs is 9. The van der Waals surface area contributed by atoms with Crippen LogP contribution in [0.15, 0.2) is 258 Å². The summed E-state index contributed by atoms with van der Waals surface area (Å²) in [4.78, 5) is 2.34. The largest absolute Gasteiger partial charge is 0.456 e. The molecule has 0 N–H and O–H groups in total. The van der Waals surface area contributed by atoms with Gasteiger partial charge in [-0.15, -0.1) is 0 Å². The number of hydrogen-bond acceptors (Lipinski definition) is 3. The first-order valence-electron chi connectivity index (χ1n) is 23.5. The zero-order valence-corrected chi connectivity index (χ0v) is 37.4. The molecule has 322 valence electrons. The second kappa shape index (κ2) is 15.7. The SMILES string of the molecule is c1ccc(-c2cccc3cccc(-c4ccc(N(c5ccc6cc(-c7ccc8cc(-c9cccc%10c9oc9ccccc9%10)ccc8c7)ccc6c5)c5ccc6c(c5)oc5ccccc56)cc4)c23)cc1. The van der Waals surface area contributed by atoms with E-state index in [0.29, 0.717) is 0 Å². The predicted octanol–water partition coefficient (Wildman–Crippen LogP) is 19.1. The van der Waals surface area contributed by atoms with Gasteiger partial charge in [0.2, 0.25) is 0 Å². The third-order valence-electron chi connectivity index (χ3n) is 14.0. The monoisotopic (exact) mass is 879 g/mol. The Labute approximate surface area is 398 Å². The van der Waals surface area contributed by atoms with Gasteiger partial charge in [-0.1, -0.05) is 176 Å². The van der Waals surface area contributed by atoms with Crippen LogP contribution in [-0.2, 0) is 0 Å². The van der Waals surface area contributed by atoms with Crippen molar-refractivity contribution in [1.29, 1.82) is 0 Å². The summed E-state index contributed by atoms with van der Waals surface area (Å²) in [6.45, 7) is 0. The Morgan fingerprint density at radius 3 is 1.45 bits per heavy atom. The van der Waals surface area contributed by atoms with Gasteiger partial charge in [0.05, 0.1) is 0 Å². The smallest absolute Gasteiger partial charge is 0.143 e. The van der Waals surface area contributed by atoms with Gasteiger partial charge in [0.1, 0.15) is 22.3 Å². The number of furan rings is 2. The van der Waals surface area contributed by atoms with E-state index in [4.69, 9.17) is 8.83 Å². The number of nitrogens with zero attached hydrogens (tertiary/aromatic N) is 1. The fourth-order valence-corrected chi connectivity index (χ4v) is 10.6. The first kappa shape index (κ1) is 39.0. The summed E-state index contributed by atoms with van der Waals surface area (Å²) >= 11 is 0. The van der Waals surface area contributed by atoms with Gasteiger partial charge in [-0.05, 0) is 138 Å². The van der Waals surface area contributed by atoms with Gasteiger partial charge in [-0.2, -0.15) is 0 Å². The molecule has 14 aromatic rings. The quantitative estimate of drug-likeness (QED) is 0.160.